The van der Waals surface area contributed by atoms with Crippen molar-refractivity contribution in [3.05, 3.63) is 46.7 Å². The number of hydrogen-bond acceptors (Lipinski definition) is 4. The van der Waals surface area contributed by atoms with Gasteiger partial charge in [0.15, 0.2) is 0 Å². The monoisotopic (exact) mass is 304 g/mol. The molecule has 0 amide bonds. The van der Waals surface area contributed by atoms with Crippen molar-refractivity contribution in [1.29, 1.82) is 0 Å². The highest BCUT2D eigenvalue weighted by molar-refractivity contribution is 6.30. The van der Waals surface area contributed by atoms with Crippen molar-refractivity contribution in [1.82, 2.24) is 9.97 Å². The first-order valence-electron chi connectivity index (χ1n) is 7.25. The fraction of sp³-hybridized carbons (Fsp3) is 0.375. The van der Waals surface area contributed by atoms with Crippen LogP contribution in [0.3, 0.4) is 0 Å². The molecule has 2 N–H and O–H groups in total. The van der Waals surface area contributed by atoms with Gasteiger partial charge in [0.1, 0.15) is 18.0 Å². The van der Waals surface area contributed by atoms with E-state index in [1.807, 2.05) is 18.2 Å². The van der Waals surface area contributed by atoms with Gasteiger partial charge in [-0.2, -0.15) is 0 Å². The van der Waals surface area contributed by atoms with Crippen molar-refractivity contribution in [2.24, 2.45) is 0 Å². The molecule has 2 rings (SSSR count). The smallest absolute Gasteiger partial charge is 0.135 e. The molecule has 1 unspecified atom stereocenters. The summed E-state index contributed by atoms with van der Waals surface area (Å²) < 4.78 is 0. The number of benzene rings is 1. The van der Waals surface area contributed by atoms with Crippen LogP contribution in [-0.2, 0) is 6.42 Å². The molecule has 0 saturated carbocycles. The van der Waals surface area contributed by atoms with Gasteiger partial charge in [-0.1, -0.05) is 30.7 Å². The predicted octanol–water partition coefficient (Wildman–Crippen LogP) is 4.30. The Morgan fingerprint density at radius 3 is 2.62 bits per heavy atom. The van der Waals surface area contributed by atoms with Gasteiger partial charge in [-0.3, -0.25) is 0 Å². The molecule has 0 spiro atoms. The Labute approximate surface area is 131 Å². The van der Waals surface area contributed by atoms with E-state index in [4.69, 9.17) is 11.6 Å². The van der Waals surface area contributed by atoms with E-state index in [1.165, 1.54) is 0 Å². The van der Waals surface area contributed by atoms with E-state index in [1.54, 1.807) is 6.33 Å². The van der Waals surface area contributed by atoms with Crippen molar-refractivity contribution in [3.8, 4) is 0 Å². The number of nitrogens with one attached hydrogen (secondary N) is 2. The minimum Gasteiger partial charge on any atom is -0.370 e. The van der Waals surface area contributed by atoms with E-state index in [0.29, 0.717) is 0 Å². The summed E-state index contributed by atoms with van der Waals surface area (Å²) in [5, 5.41) is 7.47. The second-order valence-electron chi connectivity index (χ2n) is 4.85. The Balaban J connectivity index is 2.24. The van der Waals surface area contributed by atoms with Crippen molar-refractivity contribution in [2.75, 3.05) is 17.2 Å². The molecule has 4 nitrogen and oxygen atoms in total. The summed E-state index contributed by atoms with van der Waals surface area (Å²) in [6, 6.07) is 7.99. The number of aromatic nitrogens is 2. The molecule has 0 bridgehead atoms. The molecule has 0 radical (unpaired) electrons. The van der Waals surface area contributed by atoms with Gasteiger partial charge in [0, 0.05) is 17.1 Å². The zero-order valence-corrected chi connectivity index (χ0v) is 13.4. The highest BCUT2D eigenvalue weighted by atomic mass is 35.5. The summed E-state index contributed by atoms with van der Waals surface area (Å²) in [7, 11) is 0. The minimum absolute atomic E-state index is 0.123. The van der Waals surface area contributed by atoms with Crippen LogP contribution in [0.2, 0.25) is 5.02 Å². The third kappa shape index (κ3) is 3.85. The van der Waals surface area contributed by atoms with E-state index in [-0.39, 0.29) is 6.04 Å². The molecule has 1 aromatic heterocycles. The normalized spacial score (nSPS) is 12.0. The molecule has 1 heterocycles. The maximum absolute atomic E-state index is 6.05. The molecular formula is C16H21ClN4. The van der Waals surface area contributed by atoms with E-state index in [2.05, 4.69) is 47.4 Å². The van der Waals surface area contributed by atoms with E-state index in [9.17, 15) is 0 Å². The predicted molar refractivity (Wildman–Crippen MR) is 89.1 cm³/mol. The van der Waals surface area contributed by atoms with Crippen LogP contribution in [0.4, 0.5) is 11.6 Å². The molecule has 2 aromatic rings. The fourth-order valence-corrected chi connectivity index (χ4v) is 2.45. The Bertz CT molecular complexity index is 601. The fourth-order valence-electron chi connectivity index (χ4n) is 2.26. The average molecular weight is 305 g/mol. The van der Waals surface area contributed by atoms with Gasteiger partial charge in [-0.05, 0) is 38.0 Å². The first-order valence-corrected chi connectivity index (χ1v) is 7.63. The van der Waals surface area contributed by atoms with Crippen LogP contribution in [0.25, 0.3) is 0 Å². The maximum atomic E-state index is 6.05. The van der Waals surface area contributed by atoms with Gasteiger partial charge < -0.3 is 10.6 Å². The van der Waals surface area contributed by atoms with Gasteiger partial charge in [0.2, 0.25) is 0 Å². The highest BCUT2D eigenvalue weighted by Crippen LogP contribution is 2.25. The van der Waals surface area contributed by atoms with Crippen LogP contribution in [0, 0.1) is 0 Å². The van der Waals surface area contributed by atoms with Gasteiger partial charge in [0.05, 0.1) is 6.04 Å². The second-order valence-corrected chi connectivity index (χ2v) is 5.29. The third-order valence-electron chi connectivity index (χ3n) is 3.35. The SMILES string of the molecule is CCNc1ncnc(NC(C)c2cccc(Cl)c2)c1CC. The third-order valence-corrected chi connectivity index (χ3v) is 3.58. The average Bonchev–Trinajstić information content (AvgIpc) is 2.48. The summed E-state index contributed by atoms with van der Waals surface area (Å²) in [6.07, 6.45) is 2.46. The largest absolute Gasteiger partial charge is 0.370 e. The standard InChI is InChI=1S/C16H21ClN4/c1-4-14-15(18-5-2)19-10-20-16(14)21-11(3)12-7-6-8-13(17)9-12/h6-11H,4-5H2,1-3H3,(H2,18,19,20,21). The van der Waals surface area contributed by atoms with Crippen LogP contribution in [-0.4, -0.2) is 16.5 Å². The van der Waals surface area contributed by atoms with Crippen molar-refractivity contribution in [2.45, 2.75) is 33.2 Å². The molecule has 0 fully saturated rings. The molecule has 21 heavy (non-hydrogen) atoms. The van der Waals surface area contributed by atoms with Crippen LogP contribution < -0.4 is 10.6 Å². The zero-order valence-electron chi connectivity index (χ0n) is 12.7. The van der Waals surface area contributed by atoms with Gasteiger partial charge in [0.25, 0.3) is 0 Å². The van der Waals surface area contributed by atoms with Crippen LogP contribution in [0.1, 0.15) is 37.9 Å². The summed E-state index contributed by atoms with van der Waals surface area (Å²) in [5.41, 5.74) is 2.24. The lowest BCUT2D eigenvalue weighted by Crippen LogP contribution is -2.12. The topological polar surface area (TPSA) is 49.8 Å². The van der Waals surface area contributed by atoms with Gasteiger partial charge >= 0.3 is 0 Å². The summed E-state index contributed by atoms with van der Waals surface area (Å²) in [4.78, 5) is 8.70. The Morgan fingerprint density at radius 2 is 1.95 bits per heavy atom. The van der Waals surface area contributed by atoms with Crippen molar-refractivity contribution < 1.29 is 0 Å². The Hall–Kier alpha value is -1.81. The molecule has 5 heteroatoms. The highest BCUT2D eigenvalue weighted by Gasteiger charge is 2.12. The summed E-state index contributed by atoms with van der Waals surface area (Å²) in [5.74, 6) is 1.77. The number of nitrogens with zero attached hydrogens (tertiary/aromatic N) is 2. The lowest BCUT2D eigenvalue weighted by Gasteiger charge is -2.19. The zero-order chi connectivity index (χ0) is 15.2. The van der Waals surface area contributed by atoms with Gasteiger partial charge in [-0.15, -0.1) is 0 Å². The Morgan fingerprint density at radius 1 is 1.19 bits per heavy atom. The summed E-state index contributed by atoms with van der Waals surface area (Å²) >= 11 is 6.05. The van der Waals surface area contributed by atoms with Gasteiger partial charge in [-0.25, -0.2) is 9.97 Å². The lowest BCUT2D eigenvalue weighted by molar-refractivity contribution is 0.862. The molecule has 0 saturated heterocycles. The van der Waals surface area contributed by atoms with E-state index < -0.39 is 0 Å². The molecule has 112 valence electrons. The molecule has 0 aliphatic rings. The van der Waals surface area contributed by atoms with Crippen LogP contribution >= 0.6 is 11.6 Å². The number of hydrogen-bond donors (Lipinski definition) is 2. The number of rotatable bonds is 6. The van der Waals surface area contributed by atoms with E-state index in [0.717, 1.165) is 40.8 Å². The maximum Gasteiger partial charge on any atom is 0.135 e. The van der Waals surface area contributed by atoms with Crippen LogP contribution in [0.5, 0.6) is 0 Å². The number of anilines is 2. The molecule has 1 aromatic carbocycles. The first-order chi connectivity index (χ1) is 10.2. The molecule has 0 aliphatic heterocycles. The second kappa shape index (κ2) is 7.27. The summed E-state index contributed by atoms with van der Waals surface area (Å²) in [6.45, 7) is 7.10. The minimum atomic E-state index is 0.123. The molecule has 0 aliphatic carbocycles. The van der Waals surface area contributed by atoms with Crippen molar-refractivity contribution >= 4 is 23.2 Å². The quantitative estimate of drug-likeness (QED) is 0.835. The lowest BCUT2D eigenvalue weighted by atomic mass is 10.1. The molecule has 1 atom stereocenters. The molecular weight excluding hydrogens is 284 g/mol. The van der Waals surface area contributed by atoms with Crippen molar-refractivity contribution in [3.63, 3.8) is 0 Å². The Kier molecular flexibility index (Phi) is 5.39. The van der Waals surface area contributed by atoms with Crippen LogP contribution in [0.15, 0.2) is 30.6 Å². The number of halogens is 1. The van der Waals surface area contributed by atoms with E-state index >= 15 is 0 Å². The first kappa shape index (κ1) is 15.6.